The van der Waals surface area contributed by atoms with Crippen LogP contribution in [-0.4, -0.2) is 7.11 Å². The second-order valence-corrected chi connectivity index (χ2v) is 20.1. The molecule has 0 aliphatic rings. The Morgan fingerprint density at radius 3 is 0.623 bits per heavy atom. The van der Waals surface area contributed by atoms with E-state index in [0.717, 1.165) is 39.1 Å². The smallest absolute Gasteiger partial charge is 0 e. The van der Waals surface area contributed by atoms with Gasteiger partial charge >= 0.3 is 65.0 Å². The van der Waals surface area contributed by atoms with Gasteiger partial charge in [0.25, 0.3) is 0 Å². The van der Waals surface area contributed by atoms with Crippen LogP contribution in [0.2, 0.25) is 0 Å². The second-order valence-electron chi connectivity index (χ2n) is 20.1. The average Bonchev–Trinajstić information content (AvgIpc) is 3.12. The first-order valence-corrected chi connectivity index (χ1v) is 19.5. The quantitative estimate of drug-likeness (QED) is 0.138. The molecule has 0 unspecified atom stereocenters. The summed E-state index contributed by atoms with van der Waals surface area (Å²) in [5.74, 6) is 1.53. The fraction of sp³-hybridized carbons (Fsp3) is 0.481. The Balaban J connectivity index is -0.000000220. The van der Waals surface area contributed by atoms with Crippen molar-refractivity contribution in [1.82, 2.24) is 0 Å². The molecule has 331 valence electrons. The fourth-order valence-corrected chi connectivity index (χ4v) is 5.71. The molecule has 0 aliphatic carbocycles. The van der Waals surface area contributed by atoms with Crippen molar-refractivity contribution in [2.75, 3.05) is 7.11 Å². The molecule has 9 heteroatoms. The van der Waals surface area contributed by atoms with Crippen LogP contribution in [-0.2, 0) is 63.8 Å². The van der Waals surface area contributed by atoms with Gasteiger partial charge in [0.1, 0.15) is 5.75 Å². The summed E-state index contributed by atoms with van der Waals surface area (Å²) in [6.07, 6.45) is 0. The average molecular weight is 1100 g/mol. The van der Waals surface area contributed by atoms with Crippen LogP contribution >= 0.6 is 0 Å². The fourth-order valence-electron chi connectivity index (χ4n) is 5.71. The van der Waals surface area contributed by atoms with Crippen LogP contribution in [0.25, 0.3) is 0 Å². The molecule has 4 aromatic rings. The Morgan fingerprint density at radius 1 is 0.344 bits per heavy atom. The monoisotopic (exact) mass is 1100 g/mol. The van der Waals surface area contributed by atoms with Gasteiger partial charge in [-0.2, -0.15) is 0 Å². The molecule has 0 saturated carbocycles. The van der Waals surface area contributed by atoms with Gasteiger partial charge in [-0.3, -0.25) is 0 Å². The number of para-hydroxylation sites is 4. The standard InChI is InChI=1S/3C14H22O.C7H8O.3CO.Cr.U/c3*1-13(2,3)10-8-7-9-11(12(10)15)14(4,5)6;1-8-7-5-3-2-4-6-7;3*1-2;;/h3*7-9,15H,1-6H3;2-6H,1H3;;;;;/q;;;;;;;;+3/p-3. The Hall–Kier alpha value is -3.12. The molecule has 0 atom stereocenters. The Morgan fingerprint density at radius 2 is 0.508 bits per heavy atom. The summed E-state index contributed by atoms with van der Waals surface area (Å²) in [7, 11) is 1.66. The van der Waals surface area contributed by atoms with Gasteiger partial charge in [-0.25, -0.2) is 0 Å². The molecule has 0 fully saturated rings. The van der Waals surface area contributed by atoms with Gasteiger partial charge in [-0.05, 0) is 44.6 Å². The maximum Gasteiger partial charge on any atom is 3.00 e. The van der Waals surface area contributed by atoms with E-state index in [1.165, 1.54) is 0 Å². The van der Waals surface area contributed by atoms with Crippen LogP contribution in [0.1, 0.15) is 158 Å². The second kappa shape index (κ2) is 29.3. The van der Waals surface area contributed by atoms with Gasteiger partial charge in [-0.15, -0.1) is 17.2 Å². The molecule has 0 saturated heterocycles. The van der Waals surface area contributed by atoms with Gasteiger partial charge in [0.05, 0.1) is 7.11 Å². The number of benzene rings is 4. The maximum absolute atomic E-state index is 12.3. The van der Waals surface area contributed by atoms with E-state index < -0.39 is 0 Å². The van der Waals surface area contributed by atoms with Crippen LogP contribution in [0.15, 0.2) is 84.9 Å². The zero-order valence-electron chi connectivity index (χ0n) is 40.3. The van der Waals surface area contributed by atoms with Gasteiger partial charge in [-0.1, -0.05) is 231 Å². The van der Waals surface area contributed by atoms with E-state index in [-0.39, 0.29) is 98.2 Å². The van der Waals surface area contributed by atoms with Crippen molar-refractivity contribution in [3.05, 3.63) is 138 Å². The first-order chi connectivity index (χ1) is 26.8. The maximum atomic E-state index is 12.3. The van der Waals surface area contributed by atoms with Crippen molar-refractivity contribution < 1.29 is 82.5 Å². The minimum Gasteiger partial charge on any atom is 0 e. The summed E-state index contributed by atoms with van der Waals surface area (Å²) >= 11 is 0. The minimum atomic E-state index is -0.0711. The van der Waals surface area contributed by atoms with Crippen molar-refractivity contribution in [2.24, 2.45) is 0 Å². The first-order valence-electron chi connectivity index (χ1n) is 19.5. The molecular weight excluding hydrogens is 1030 g/mol. The summed E-state index contributed by atoms with van der Waals surface area (Å²) in [6.45, 7) is 50.9. The number of rotatable bonds is 1. The summed E-state index contributed by atoms with van der Waals surface area (Å²) < 4.78 is 27.4. The number of hydrogen-bond donors (Lipinski definition) is 0. The summed E-state index contributed by atoms with van der Waals surface area (Å²) in [5.41, 5.74) is 5.05. The van der Waals surface area contributed by atoms with Gasteiger partial charge in [0.2, 0.25) is 0 Å². The molecule has 1 radical (unpaired) electrons. The first kappa shape index (κ1) is 67.0. The molecule has 0 spiro atoms. The number of methoxy groups -OCH3 is 1. The Labute approximate surface area is 405 Å². The van der Waals surface area contributed by atoms with Crippen molar-refractivity contribution in [2.45, 2.75) is 157 Å². The van der Waals surface area contributed by atoms with E-state index in [2.05, 4.69) is 145 Å². The topological polar surface area (TPSA) is 138 Å². The summed E-state index contributed by atoms with van der Waals surface area (Å²) in [6, 6.07) is 27.3. The van der Waals surface area contributed by atoms with E-state index in [0.29, 0.717) is 0 Å². The van der Waals surface area contributed by atoms with Gasteiger partial charge in [0, 0.05) is 17.4 Å². The summed E-state index contributed by atoms with van der Waals surface area (Å²) in [4.78, 5) is 0. The molecule has 4 aromatic carbocycles. The van der Waals surface area contributed by atoms with E-state index in [1.807, 2.05) is 84.9 Å². The molecule has 4 rings (SSSR count). The zero-order chi connectivity index (χ0) is 47.4. The zero-order valence-corrected chi connectivity index (χ0v) is 45.8. The third-order valence-electron chi connectivity index (χ3n) is 8.87. The predicted octanol–water partition coefficient (Wildman–Crippen LogP) is 11.6. The van der Waals surface area contributed by atoms with Crippen LogP contribution in [0.3, 0.4) is 0 Å². The molecule has 0 aliphatic heterocycles. The Kier molecular flexibility index (Phi) is 32.2. The molecule has 0 heterocycles. The van der Waals surface area contributed by atoms with Crippen molar-refractivity contribution in [1.29, 1.82) is 0 Å². The van der Waals surface area contributed by atoms with Crippen LogP contribution in [0, 0.1) is 51.1 Å². The van der Waals surface area contributed by atoms with E-state index >= 15 is 0 Å². The van der Waals surface area contributed by atoms with E-state index in [9.17, 15) is 15.3 Å². The van der Waals surface area contributed by atoms with E-state index in [1.54, 1.807) is 7.11 Å². The van der Waals surface area contributed by atoms with Crippen LogP contribution < -0.4 is 20.1 Å². The van der Waals surface area contributed by atoms with Crippen molar-refractivity contribution >= 4 is 0 Å². The number of ether oxygens (including phenoxy) is 1. The molecule has 0 aromatic heterocycles. The number of hydrogen-bond acceptors (Lipinski definition) is 4. The van der Waals surface area contributed by atoms with Crippen LogP contribution in [0.4, 0.5) is 0 Å². The molecular formula is C52H71CrO7U. The van der Waals surface area contributed by atoms with Crippen molar-refractivity contribution in [3.8, 4) is 23.0 Å². The largest absolute Gasteiger partial charge is 3.00 e. The van der Waals surface area contributed by atoms with Gasteiger partial charge in [0.15, 0.2) is 0 Å². The minimum absolute atomic E-state index is 0. The molecule has 61 heavy (non-hydrogen) atoms. The third-order valence-corrected chi connectivity index (χ3v) is 8.87. The molecule has 0 N–H and O–H groups in total. The SMILES string of the molecule is CC(C)(C)c1cccc(C(C)(C)C)c1[O-].CC(C)(C)c1cccc(C(C)(C)C)c1[O-].CC(C)(C)c1cccc(C(C)(C)C)c1[O-].COc1ccccc1.[C-]#[O+].[C-]#[O+].[C-]#[O+].[Cr].[U+3]. The predicted molar refractivity (Wildman–Crippen MR) is 235 cm³/mol. The normalized spacial score (nSPS) is 10.8. The summed E-state index contributed by atoms with van der Waals surface area (Å²) in [5, 5.41) is 36.8. The van der Waals surface area contributed by atoms with Crippen LogP contribution in [0.5, 0.6) is 23.0 Å². The van der Waals surface area contributed by atoms with Gasteiger partial charge < -0.3 is 20.1 Å². The molecule has 0 bridgehead atoms. The van der Waals surface area contributed by atoms with E-state index in [4.69, 9.17) is 18.7 Å². The molecule has 7 nitrogen and oxygen atoms in total. The van der Waals surface area contributed by atoms with Crippen molar-refractivity contribution in [3.63, 3.8) is 0 Å². The molecule has 0 amide bonds. The Bertz CT molecular complexity index is 1590. The third kappa shape index (κ3) is 23.8.